The van der Waals surface area contributed by atoms with Gasteiger partial charge in [-0.05, 0) is 19.1 Å². The van der Waals surface area contributed by atoms with Gasteiger partial charge in [0.05, 0.1) is 0 Å². The van der Waals surface area contributed by atoms with Crippen LogP contribution in [0.3, 0.4) is 0 Å². The number of pyridine rings is 1. The van der Waals surface area contributed by atoms with Gasteiger partial charge in [-0.1, -0.05) is 0 Å². The highest BCUT2D eigenvalue weighted by Gasteiger charge is 2.45. The van der Waals surface area contributed by atoms with Crippen LogP contribution < -0.4 is 16.4 Å². The molecule has 1 aromatic carbocycles. The highest BCUT2D eigenvalue weighted by molar-refractivity contribution is 5.90. The van der Waals surface area contributed by atoms with Crippen molar-refractivity contribution in [3.8, 4) is 0 Å². The van der Waals surface area contributed by atoms with Crippen molar-refractivity contribution in [2.24, 2.45) is 0 Å². The number of halogens is 5. The van der Waals surface area contributed by atoms with Gasteiger partial charge in [-0.3, -0.25) is 0 Å². The van der Waals surface area contributed by atoms with Crippen LogP contribution in [0.1, 0.15) is 17.4 Å². The van der Waals surface area contributed by atoms with Gasteiger partial charge in [-0.25, -0.2) is 18.6 Å². The molecule has 11 heteroatoms. The van der Waals surface area contributed by atoms with Crippen LogP contribution in [0.2, 0.25) is 0 Å². The summed E-state index contributed by atoms with van der Waals surface area (Å²) < 4.78 is 72.9. The van der Waals surface area contributed by atoms with Gasteiger partial charge < -0.3 is 20.8 Å². The number of rotatable bonds is 3. The molecule has 0 aliphatic rings. The Hall–Kier alpha value is -3.37. The number of hydrogen-bond acceptors (Lipinski definition) is 4. The highest BCUT2D eigenvalue weighted by Crippen LogP contribution is 2.39. The number of carbonyl (C=O) groups excluding carboxylic acids is 1. The van der Waals surface area contributed by atoms with Gasteiger partial charge in [-0.2, -0.15) is 13.2 Å². The van der Waals surface area contributed by atoms with Gasteiger partial charge in [-0.15, -0.1) is 0 Å². The summed E-state index contributed by atoms with van der Waals surface area (Å²) in [4.78, 5) is 15.7. The lowest BCUT2D eigenvalue weighted by atomic mass is 10.1. The first-order chi connectivity index (χ1) is 13.1. The molecule has 2 aromatic heterocycles. The van der Waals surface area contributed by atoms with Gasteiger partial charge in [0.15, 0.2) is 17.4 Å². The number of nitrogens with two attached hydrogens (primary N) is 1. The van der Waals surface area contributed by atoms with E-state index in [0.717, 1.165) is 6.07 Å². The Kier molecular flexibility index (Phi) is 4.84. The summed E-state index contributed by atoms with van der Waals surface area (Å²) in [6, 6.07) is 0.108. The predicted molar refractivity (Wildman–Crippen MR) is 90.5 cm³/mol. The minimum absolute atomic E-state index is 0.0517. The fourth-order valence-electron chi connectivity index (χ4n) is 2.66. The minimum Gasteiger partial charge on any atom is -0.455 e. The molecule has 0 aliphatic heterocycles. The first kappa shape index (κ1) is 19.4. The molecule has 0 saturated carbocycles. The van der Waals surface area contributed by atoms with Crippen molar-refractivity contribution in [3.05, 3.63) is 53.4 Å². The van der Waals surface area contributed by atoms with Gasteiger partial charge in [0.2, 0.25) is 0 Å². The Balaban J connectivity index is 1.95. The second-order valence-electron chi connectivity index (χ2n) is 5.90. The second-order valence-corrected chi connectivity index (χ2v) is 5.90. The fourth-order valence-corrected chi connectivity index (χ4v) is 2.66. The zero-order chi connectivity index (χ0) is 20.6. The molecule has 2 amide bonds. The number of fused-ring (bicyclic) bond motifs is 1. The van der Waals surface area contributed by atoms with Gasteiger partial charge >= 0.3 is 12.2 Å². The van der Waals surface area contributed by atoms with Crippen LogP contribution in [0, 0.1) is 18.6 Å². The summed E-state index contributed by atoms with van der Waals surface area (Å²) in [5.41, 5.74) is 4.87. The van der Waals surface area contributed by atoms with Crippen LogP contribution in [0.15, 0.2) is 34.9 Å². The summed E-state index contributed by atoms with van der Waals surface area (Å²) in [5.74, 6) is -2.82. The topological polar surface area (TPSA) is 93.2 Å². The summed E-state index contributed by atoms with van der Waals surface area (Å²) in [6.07, 6.45) is -3.71. The van der Waals surface area contributed by atoms with Crippen molar-refractivity contribution in [2.45, 2.75) is 19.1 Å². The van der Waals surface area contributed by atoms with Crippen LogP contribution in [0.4, 0.5) is 38.3 Å². The van der Waals surface area contributed by atoms with Crippen LogP contribution in [-0.2, 0) is 0 Å². The Morgan fingerprint density at radius 1 is 1.25 bits per heavy atom. The number of urea groups is 1. The summed E-state index contributed by atoms with van der Waals surface area (Å²) in [7, 11) is 0. The van der Waals surface area contributed by atoms with Crippen molar-refractivity contribution in [1.29, 1.82) is 0 Å². The molecule has 6 nitrogen and oxygen atoms in total. The molecule has 0 unspecified atom stereocenters. The maximum atomic E-state index is 13.9. The van der Waals surface area contributed by atoms with E-state index >= 15 is 0 Å². The lowest BCUT2D eigenvalue weighted by Gasteiger charge is -2.20. The lowest BCUT2D eigenvalue weighted by Crippen LogP contribution is -2.40. The molecule has 4 N–H and O–H groups in total. The number of hydrogen-bond donors (Lipinski definition) is 3. The maximum Gasteiger partial charge on any atom is 0.416 e. The van der Waals surface area contributed by atoms with E-state index in [1.807, 2.05) is 0 Å². The quantitative estimate of drug-likeness (QED) is 0.568. The maximum absolute atomic E-state index is 13.9. The number of furan rings is 1. The van der Waals surface area contributed by atoms with Crippen LogP contribution in [-0.4, -0.2) is 17.2 Å². The number of alkyl halides is 3. The molecule has 28 heavy (non-hydrogen) atoms. The average molecular weight is 400 g/mol. The zero-order valence-corrected chi connectivity index (χ0v) is 14.2. The van der Waals surface area contributed by atoms with Gasteiger partial charge in [0.25, 0.3) is 0 Å². The number of amides is 2. The molecule has 0 aliphatic carbocycles. The Morgan fingerprint density at radius 2 is 1.96 bits per heavy atom. The molecule has 148 valence electrons. The molecule has 0 fully saturated rings. The van der Waals surface area contributed by atoms with E-state index in [1.165, 1.54) is 25.3 Å². The van der Waals surface area contributed by atoms with Crippen molar-refractivity contribution in [1.82, 2.24) is 10.3 Å². The normalized spacial score (nSPS) is 12.8. The summed E-state index contributed by atoms with van der Waals surface area (Å²) in [5, 5.41) is 3.75. The van der Waals surface area contributed by atoms with Crippen LogP contribution in [0.25, 0.3) is 11.0 Å². The summed E-state index contributed by atoms with van der Waals surface area (Å²) in [6.45, 7) is 1.21. The van der Waals surface area contributed by atoms with E-state index in [1.54, 1.807) is 5.32 Å². The summed E-state index contributed by atoms with van der Waals surface area (Å²) >= 11 is 0. The fraction of sp³-hybridized carbons (Fsp3) is 0.176. The molecule has 0 bridgehead atoms. The molecule has 3 aromatic rings. The Labute approximate surface area is 154 Å². The lowest BCUT2D eigenvalue weighted by molar-refractivity contribution is -0.158. The molecule has 1 atom stereocenters. The third-order valence-corrected chi connectivity index (χ3v) is 3.90. The monoisotopic (exact) mass is 400 g/mol. The number of aromatic nitrogens is 1. The van der Waals surface area contributed by atoms with Crippen LogP contribution in [0.5, 0.6) is 0 Å². The molecule has 3 rings (SSSR count). The third-order valence-electron chi connectivity index (χ3n) is 3.90. The standard InChI is InChI=1S/C17H13F5N4O2/c1-7-10-4-8(18)5-11(19)14(10)28-13(7)15(17(20,21)22)26-16(27)25-9-2-3-24-12(23)6-9/h2-6,15H,1H3,(H4,23,24,25,26,27)/t15-/m0/s1. The SMILES string of the molecule is Cc1c([C@H](NC(=O)Nc2ccnc(N)c2)C(F)(F)F)oc2c(F)cc(F)cc12. The molecular formula is C17H13F5N4O2. The third kappa shape index (κ3) is 3.82. The first-order valence-corrected chi connectivity index (χ1v) is 7.80. The minimum atomic E-state index is -4.97. The molecule has 2 heterocycles. The van der Waals surface area contributed by atoms with E-state index < -0.39 is 41.2 Å². The number of carbonyl (C=O) groups is 1. The number of benzene rings is 1. The van der Waals surface area contributed by atoms with Crippen LogP contribution >= 0.6 is 0 Å². The number of anilines is 2. The molecule has 0 radical (unpaired) electrons. The number of aryl methyl sites for hydroxylation is 1. The van der Waals surface area contributed by atoms with Crippen molar-refractivity contribution < 1.29 is 31.2 Å². The average Bonchev–Trinajstić information content (AvgIpc) is 2.89. The number of nitrogens with zero attached hydrogens (tertiary/aromatic N) is 1. The Morgan fingerprint density at radius 3 is 2.61 bits per heavy atom. The predicted octanol–water partition coefficient (Wildman–Crippen LogP) is 4.42. The van der Waals surface area contributed by atoms with E-state index in [4.69, 9.17) is 10.2 Å². The van der Waals surface area contributed by atoms with Gasteiger partial charge in [0, 0.05) is 35.0 Å². The van der Waals surface area contributed by atoms with Crippen molar-refractivity contribution >= 4 is 28.5 Å². The number of nitrogens with one attached hydrogen (secondary N) is 2. The van der Waals surface area contributed by atoms with Crippen molar-refractivity contribution in [2.75, 3.05) is 11.1 Å². The number of nitrogen functional groups attached to an aromatic ring is 1. The molecular weight excluding hydrogens is 387 g/mol. The molecule has 0 spiro atoms. The zero-order valence-electron chi connectivity index (χ0n) is 14.2. The molecule has 0 saturated heterocycles. The van der Waals surface area contributed by atoms with Gasteiger partial charge in [0.1, 0.15) is 17.4 Å². The highest BCUT2D eigenvalue weighted by atomic mass is 19.4. The van der Waals surface area contributed by atoms with E-state index in [2.05, 4.69) is 10.3 Å². The van der Waals surface area contributed by atoms with E-state index in [9.17, 15) is 26.7 Å². The first-order valence-electron chi connectivity index (χ1n) is 7.80. The largest absolute Gasteiger partial charge is 0.455 e. The second kappa shape index (κ2) is 6.98. The Bertz CT molecular complexity index is 1050. The van der Waals surface area contributed by atoms with E-state index in [-0.39, 0.29) is 22.5 Å². The smallest absolute Gasteiger partial charge is 0.416 e. The van der Waals surface area contributed by atoms with Crippen molar-refractivity contribution in [3.63, 3.8) is 0 Å². The van der Waals surface area contributed by atoms with E-state index in [0.29, 0.717) is 6.07 Å².